The molecule has 7 nitrogen and oxygen atoms in total. The Kier molecular flexibility index (Phi) is 6.31. The summed E-state index contributed by atoms with van der Waals surface area (Å²) in [6.45, 7) is 3.57. The zero-order chi connectivity index (χ0) is 16.5. The van der Waals surface area contributed by atoms with Crippen molar-refractivity contribution in [3.63, 3.8) is 0 Å². The van der Waals surface area contributed by atoms with Crippen LogP contribution in [-0.2, 0) is 4.74 Å². The lowest BCUT2D eigenvalue weighted by Gasteiger charge is -2.11. The van der Waals surface area contributed by atoms with Gasteiger partial charge in [0.15, 0.2) is 0 Å². The van der Waals surface area contributed by atoms with Crippen molar-refractivity contribution in [2.45, 2.75) is 6.92 Å². The molecule has 0 bridgehead atoms. The number of rotatable bonds is 8. The molecule has 0 radical (unpaired) electrons. The molecule has 1 aromatic heterocycles. The second-order valence-electron chi connectivity index (χ2n) is 4.60. The molecule has 122 valence electrons. The minimum absolute atomic E-state index is 0.291. The number of hydrogen-bond acceptors (Lipinski definition) is 6. The summed E-state index contributed by atoms with van der Waals surface area (Å²) in [4.78, 5) is 20.5. The van der Waals surface area contributed by atoms with Crippen molar-refractivity contribution in [2.24, 2.45) is 0 Å². The van der Waals surface area contributed by atoms with Gasteiger partial charge in [0.2, 0.25) is 5.95 Å². The van der Waals surface area contributed by atoms with E-state index in [1.807, 2.05) is 19.1 Å². The Hall–Kier alpha value is -2.67. The summed E-state index contributed by atoms with van der Waals surface area (Å²) in [5, 5.41) is 5.79. The summed E-state index contributed by atoms with van der Waals surface area (Å²) >= 11 is 0. The lowest BCUT2D eigenvalue weighted by atomic mass is 10.2. The van der Waals surface area contributed by atoms with Crippen molar-refractivity contribution in [1.29, 1.82) is 0 Å². The van der Waals surface area contributed by atoms with Gasteiger partial charge in [-0.2, -0.15) is 0 Å². The molecule has 0 atom stereocenters. The number of amides is 1. The third kappa shape index (κ3) is 4.93. The molecule has 7 heteroatoms. The predicted molar refractivity (Wildman–Crippen MR) is 88.0 cm³/mol. The highest BCUT2D eigenvalue weighted by Crippen LogP contribution is 2.24. The summed E-state index contributed by atoms with van der Waals surface area (Å²) in [6, 6.07) is 7.27. The van der Waals surface area contributed by atoms with Crippen LogP contribution in [0.3, 0.4) is 0 Å². The van der Waals surface area contributed by atoms with Gasteiger partial charge in [-0.3, -0.25) is 4.79 Å². The number of ether oxygens (including phenoxy) is 2. The van der Waals surface area contributed by atoms with Crippen molar-refractivity contribution >= 4 is 17.5 Å². The molecule has 0 aliphatic rings. The molecule has 0 saturated heterocycles. The van der Waals surface area contributed by atoms with E-state index >= 15 is 0 Å². The first-order valence-corrected chi connectivity index (χ1v) is 7.32. The highest BCUT2D eigenvalue weighted by atomic mass is 16.5. The molecular formula is C16H20N4O3. The topological polar surface area (TPSA) is 85.4 Å². The molecule has 0 spiro atoms. The first kappa shape index (κ1) is 16.7. The van der Waals surface area contributed by atoms with Crippen LogP contribution in [0, 0.1) is 0 Å². The second-order valence-corrected chi connectivity index (χ2v) is 4.60. The normalized spacial score (nSPS) is 10.2. The summed E-state index contributed by atoms with van der Waals surface area (Å²) in [6.07, 6.45) is 2.95. The number of carbonyl (C=O) groups is 1. The maximum atomic E-state index is 12.3. The average Bonchev–Trinajstić information content (AvgIpc) is 2.58. The molecule has 2 aromatic rings. The molecule has 0 fully saturated rings. The van der Waals surface area contributed by atoms with Crippen LogP contribution in [0.15, 0.2) is 36.7 Å². The van der Waals surface area contributed by atoms with Gasteiger partial charge in [0.25, 0.3) is 5.91 Å². The second kappa shape index (κ2) is 8.70. The number of para-hydroxylation sites is 2. The lowest BCUT2D eigenvalue weighted by Crippen LogP contribution is -2.15. The highest BCUT2D eigenvalue weighted by molar-refractivity contribution is 6.04. The van der Waals surface area contributed by atoms with Gasteiger partial charge in [-0.25, -0.2) is 9.97 Å². The van der Waals surface area contributed by atoms with Crippen molar-refractivity contribution in [3.05, 3.63) is 42.2 Å². The molecule has 23 heavy (non-hydrogen) atoms. The first-order valence-electron chi connectivity index (χ1n) is 7.32. The Bertz CT molecular complexity index is 631. The van der Waals surface area contributed by atoms with Crippen LogP contribution in [0.25, 0.3) is 0 Å². The molecule has 0 aliphatic carbocycles. The number of nitrogens with one attached hydrogen (secondary N) is 2. The van der Waals surface area contributed by atoms with Crippen molar-refractivity contribution in [1.82, 2.24) is 9.97 Å². The third-order valence-corrected chi connectivity index (χ3v) is 2.94. The minimum Gasteiger partial charge on any atom is -0.492 e. The number of methoxy groups -OCH3 is 1. The third-order valence-electron chi connectivity index (χ3n) is 2.94. The molecule has 0 unspecified atom stereocenters. The van der Waals surface area contributed by atoms with E-state index in [-0.39, 0.29) is 5.91 Å². The zero-order valence-electron chi connectivity index (χ0n) is 13.2. The fourth-order valence-corrected chi connectivity index (χ4v) is 1.85. The fraction of sp³-hybridized carbons (Fsp3) is 0.312. The van der Waals surface area contributed by atoms with Gasteiger partial charge in [-0.1, -0.05) is 12.1 Å². The van der Waals surface area contributed by atoms with Crippen molar-refractivity contribution < 1.29 is 14.3 Å². The first-order chi connectivity index (χ1) is 11.2. The summed E-state index contributed by atoms with van der Waals surface area (Å²) in [5.74, 6) is 0.788. The number of carbonyl (C=O) groups excluding carboxylic acids is 1. The van der Waals surface area contributed by atoms with Crippen LogP contribution in [-0.4, -0.2) is 42.7 Å². The van der Waals surface area contributed by atoms with E-state index < -0.39 is 0 Å². The van der Waals surface area contributed by atoms with E-state index in [0.29, 0.717) is 42.7 Å². The molecule has 0 aliphatic heterocycles. The number of aromatic nitrogens is 2. The molecular weight excluding hydrogens is 296 g/mol. The van der Waals surface area contributed by atoms with Gasteiger partial charge in [0.1, 0.15) is 5.75 Å². The van der Waals surface area contributed by atoms with Crippen LogP contribution >= 0.6 is 0 Å². The molecule has 0 saturated carbocycles. The minimum atomic E-state index is -0.291. The Balaban J connectivity index is 2.00. The van der Waals surface area contributed by atoms with Gasteiger partial charge >= 0.3 is 0 Å². The molecule has 1 aromatic carbocycles. The quantitative estimate of drug-likeness (QED) is 0.726. The zero-order valence-corrected chi connectivity index (χ0v) is 13.2. The van der Waals surface area contributed by atoms with Crippen LogP contribution in [0.4, 0.5) is 11.6 Å². The maximum Gasteiger partial charge on any atom is 0.258 e. The van der Waals surface area contributed by atoms with E-state index in [2.05, 4.69) is 20.6 Å². The van der Waals surface area contributed by atoms with E-state index in [4.69, 9.17) is 9.47 Å². The molecule has 1 amide bonds. The van der Waals surface area contributed by atoms with Gasteiger partial charge in [-0.15, -0.1) is 0 Å². The van der Waals surface area contributed by atoms with Crippen LogP contribution in [0.1, 0.15) is 17.3 Å². The molecule has 2 N–H and O–H groups in total. The SMILES string of the molecule is CCOc1ccccc1NC(=O)c1cnc(NCCOC)nc1. The molecule has 2 rings (SSSR count). The van der Waals surface area contributed by atoms with Gasteiger partial charge in [0, 0.05) is 26.0 Å². The highest BCUT2D eigenvalue weighted by Gasteiger charge is 2.10. The summed E-state index contributed by atoms with van der Waals surface area (Å²) in [5.41, 5.74) is 0.982. The summed E-state index contributed by atoms with van der Waals surface area (Å²) < 4.78 is 10.4. The Morgan fingerprint density at radius 2 is 1.96 bits per heavy atom. The van der Waals surface area contributed by atoms with Gasteiger partial charge in [-0.05, 0) is 19.1 Å². The van der Waals surface area contributed by atoms with E-state index in [1.165, 1.54) is 12.4 Å². The van der Waals surface area contributed by atoms with E-state index in [9.17, 15) is 4.79 Å². The smallest absolute Gasteiger partial charge is 0.258 e. The average molecular weight is 316 g/mol. The Morgan fingerprint density at radius 1 is 1.22 bits per heavy atom. The van der Waals surface area contributed by atoms with Crippen molar-refractivity contribution in [2.75, 3.05) is 37.5 Å². The Labute approximate surface area is 135 Å². The fourth-order valence-electron chi connectivity index (χ4n) is 1.85. The van der Waals surface area contributed by atoms with Crippen LogP contribution < -0.4 is 15.4 Å². The standard InChI is InChI=1S/C16H20N4O3/c1-3-23-14-7-5-4-6-13(14)20-15(21)12-10-18-16(19-11-12)17-8-9-22-2/h4-7,10-11H,3,8-9H2,1-2H3,(H,20,21)(H,17,18,19). The maximum absolute atomic E-state index is 12.3. The number of nitrogens with zero attached hydrogens (tertiary/aromatic N) is 2. The Morgan fingerprint density at radius 3 is 2.65 bits per heavy atom. The monoisotopic (exact) mass is 316 g/mol. The number of hydrogen-bond donors (Lipinski definition) is 2. The van der Waals surface area contributed by atoms with Crippen molar-refractivity contribution in [3.8, 4) is 5.75 Å². The van der Waals surface area contributed by atoms with E-state index in [0.717, 1.165) is 0 Å². The number of anilines is 2. The summed E-state index contributed by atoms with van der Waals surface area (Å²) in [7, 11) is 1.62. The van der Waals surface area contributed by atoms with Gasteiger partial charge in [0.05, 0.1) is 24.5 Å². The van der Waals surface area contributed by atoms with Crippen LogP contribution in [0.5, 0.6) is 5.75 Å². The van der Waals surface area contributed by atoms with Gasteiger partial charge < -0.3 is 20.1 Å². The largest absolute Gasteiger partial charge is 0.492 e. The lowest BCUT2D eigenvalue weighted by molar-refractivity contribution is 0.102. The predicted octanol–water partition coefficient (Wildman–Crippen LogP) is 2.19. The molecule has 1 heterocycles. The number of benzene rings is 1. The van der Waals surface area contributed by atoms with Crippen LogP contribution in [0.2, 0.25) is 0 Å². The van der Waals surface area contributed by atoms with E-state index in [1.54, 1.807) is 19.2 Å².